The smallest absolute Gasteiger partial charge is 0.280 e. The number of carbonyl (C=O) groups excluding carboxylic acids is 3. The molecule has 1 aliphatic heterocycles. The summed E-state index contributed by atoms with van der Waals surface area (Å²) in [5, 5.41) is 2.23. The summed E-state index contributed by atoms with van der Waals surface area (Å²) in [6.07, 6.45) is 0. The van der Waals surface area contributed by atoms with Crippen LogP contribution in [0.2, 0.25) is 0 Å². The van der Waals surface area contributed by atoms with Crippen molar-refractivity contribution in [2.24, 2.45) is 0 Å². The second-order valence-electron chi connectivity index (χ2n) is 5.37. The van der Waals surface area contributed by atoms with Gasteiger partial charge in [-0.1, -0.05) is 28.1 Å². The predicted molar refractivity (Wildman–Crippen MR) is 90.7 cm³/mol. The van der Waals surface area contributed by atoms with E-state index in [4.69, 9.17) is 0 Å². The van der Waals surface area contributed by atoms with Crippen LogP contribution >= 0.6 is 15.9 Å². The first kappa shape index (κ1) is 15.5. The van der Waals surface area contributed by atoms with Crippen LogP contribution in [0.5, 0.6) is 0 Å². The number of hydrogen-bond acceptors (Lipinski definition) is 4. The third-order valence-electron chi connectivity index (χ3n) is 3.72. The fourth-order valence-corrected chi connectivity index (χ4v) is 2.85. The number of benzene rings is 2. The van der Waals surface area contributed by atoms with E-state index < -0.39 is 17.7 Å². The second kappa shape index (κ2) is 5.66. The summed E-state index contributed by atoms with van der Waals surface area (Å²) in [6.45, 7) is 0. The Morgan fingerprint density at radius 1 is 1.13 bits per heavy atom. The van der Waals surface area contributed by atoms with E-state index in [1.807, 2.05) is 31.1 Å². The number of carbonyl (C=O) groups is 3. The molecule has 1 heterocycles. The van der Waals surface area contributed by atoms with E-state index in [2.05, 4.69) is 21.4 Å². The third-order valence-corrected chi connectivity index (χ3v) is 4.23. The molecule has 0 saturated heterocycles. The maximum Gasteiger partial charge on any atom is 0.280 e. The van der Waals surface area contributed by atoms with E-state index in [1.165, 1.54) is 0 Å². The number of alkyl halides is 1. The van der Waals surface area contributed by atoms with E-state index in [9.17, 15) is 14.4 Å². The third kappa shape index (κ3) is 2.37. The van der Waals surface area contributed by atoms with Gasteiger partial charge in [-0.05, 0) is 18.2 Å². The molecule has 1 aliphatic rings. The number of amides is 3. The van der Waals surface area contributed by atoms with Crippen LogP contribution in [0.15, 0.2) is 30.3 Å². The molecule has 0 aliphatic carbocycles. The Morgan fingerprint density at radius 3 is 2.39 bits per heavy atom. The van der Waals surface area contributed by atoms with Crippen LogP contribution in [0, 0.1) is 0 Å². The summed E-state index contributed by atoms with van der Waals surface area (Å²) in [5.41, 5.74) is 4.05. The van der Waals surface area contributed by atoms with Crippen molar-refractivity contribution < 1.29 is 14.4 Å². The average Bonchev–Trinajstić information content (AvgIpc) is 2.55. The zero-order valence-electron chi connectivity index (χ0n) is 12.6. The summed E-state index contributed by atoms with van der Waals surface area (Å²) in [7, 11) is 3.80. The van der Waals surface area contributed by atoms with Gasteiger partial charge in [-0.3, -0.25) is 19.8 Å². The molecule has 118 valence electrons. The number of anilines is 1. The molecule has 0 aromatic heterocycles. The zero-order valence-corrected chi connectivity index (χ0v) is 14.2. The van der Waals surface area contributed by atoms with Gasteiger partial charge in [-0.15, -0.1) is 0 Å². The first-order valence-corrected chi connectivity index (χ1v) is 8.05. The van der Waals surface area contributed by atoms with Crippen molar-refractivity contribution in [1.29, 1.82) is 0 Å². The van der Waals surface area contributed by atoms with Crippen molar-refractivity contribution in [2.45, 2.75) is 0 Å². The molecular formula is C16H14BrN3O3. The molecule has 3 amide bonds. The van der Waals surface area contributed by atoms with Crippen molar-refractivity contribution in [1.82, 2.24) is 10.4 Å². The fourth-order valence-electron chi connectivity index (χ4n) is 2.73. The van der Waals surface area contributed by atoms with E-state index in [0.29, 0.717) is 16.5 Å². The number of nitrogens with one attached hydrogen (secondary N) is 1. The predicted octanol–water partition coefficient (Wildman–Crippen LogP) is 1.93. The molecule has 1 N–H and O–H groups in total. The van der Waals surface area contributed by atoms with Crippen LogP contribution in [0.3, 0.4) is 0 Å². The molecule has 6 nitrogen and oxygen atoms in total. The van der Waals surface area contributed by atoms with Gasteiger partial charge in [0.25, 0.3) is 11.8 Å². The lowest BCUT2D eigenvalue weighted by atomic mass is 9.93. The SMILES string of the molecule is CN(C)c1ccc2c3c(cccc13)C(=O)N(NC(=O)CBr)C2=O. The molecule has 2 aromatic carbocycles. The largest absolute Gasteiger partial charge is 0.377 e. The monoisotopic (exact) mass is 375 g/mol. The first-order valence-electron chi connectivity index (χ1n) is 6.93. The van der Waals surface area contributed by atoms with Gasteiger partial charge in [0.2, 0.25) is 5.91 Å². The Morgan fingerprint density at radius 2 is 1.78 bits per heavy atom. The van der Waals surface area contributed by atoms with Gasteiger partial charge in [0.15, 0.2) is 0 Å². The van der Waals surface area contributed by atoms with Gasteiger partial charge < -0.3 is 4.90 Å². The van der Waals surface area contributed by atoms with Crippen LogP contribution in [-0.4, -0.2) is 42.2 Å². The molecule has 0 saturated carbocycles. The van der Waals surface area contributed by atoms with E-state index >= 15 is 0 Å². The molecule has 0 fully saturated rings. The number of halogens is 1. The number of rotatable bonds is 3. The summed E-state index contributed by atoms with van der Waals surface area (Å²) >= 11 is 3.00. The number of hydrazine groups is 1. The average molecular weight is 376 g/mol. The molecular weight excluding hydrogens is 362 g/mol. The normalized spacial score (nSPS) is 13.4. The number of imide groups is 1. The minimum atomic E-state index is -0.529. The highest BCUT2D eigenvalue weighted by Crippen LogP contribution is 2.34. The zero-order chi connectivity index (χ0) is 16.7. The molecule has 0 spiro atoms. The van der Waals surface area contributed by atoms with Crippen LogP contribution in [0.4, 0.5) is 5.69 Å². The van der Waals surface area contributed by atoms with E-state index in [1.54, 1.807) is 18.2 Å². The fraction of sp³-hybridized carbons (Fsp3) is 0.188. The van der Waals surface area contributed by atoms with Crippen LogP contribution in [0.1, 0.15) is 20.7 Å². The number of hydrogen-bond donors (Lipinski definition) is 1. The molecule has 7 heteroatoms. The second-order valence-corrected chi connectivity index (χ2v) is 5.93. The molecule has 3 rings (SSSR count). The van der Waals surface area contributed by atoms with Crippen molar-refractivity contribution in [3.63, 3.8) is 0 Å². The van der Waals surface area contributed by atoms with Gasteiger partial charge in [0.05, 0.1) is 16.5 Å². The summed E-state index contributed by atoms with van der Waals surface area (Å²) in [5.74, 6) is -1.52. The van der Waals surface area contributed by atoms with Crippen LogP contribution in [-0.2, 0) is 4.79 Å². The van der Waals surface area contributed by atoms with Crippen LogP contribution in [0.25, 0.3) is 10.8 Å². The molecule has 0 unspecified atom stereocenters. The lowest BCUT2D eigenvalue weighted by Gasteiger charge is -2.28. The van der Waals surface area contributed by atoms with Gasteiger partial charge in [-0.2, -0.15) is 5.01 Å². The standard InChI is InChI=1S/C16H14BrN3O3/c1-19(2)12-7-6-11-14-9(12)4-3-5-10(14)15(22)20(16(11)23)18-13(21)8-17/h3-7H,8H2,1-2H3,(H,18,21). The van der Waals surface area contributed by atoms with Crippen LogP contribution < -0.4 is 10.3 Å². The topological polar surface area (TPSA) is 69.7 Å². The Bertz CT molecular complexity index is 826. The molecule has 23 heavy (non-hydrogen) atoms. The highest BCUT2D eigenvalue weighted by atomic mass is 79.9. The Hall–Kier alpha value is -2.41. The molecule has 2 aromatic rings. The summed E-state index contributed by atoms with van der Waals surface area (Å²) in [4.78, 5) is 38.7. The Kier molecular flexibility index (Phi) is 3.81. The van der Waals surface area contributed by atoms with E-state index in [-0.39, 0.29) is 5.33 Å². The lowest BCUT2D eigenvalue weighted by Crippen LogP contribution is -2.52. The first-order chi connectivity index (χ1) is 11.0. The summed E-state index contributed by atoms with van der Waals surface area (Å²) in [6, 6.07) is 8.83. The highest BCUT2D eigenvalue weighted by molar-refractivity contribution is 9.09. The maximum atomic E-state index is 12.6. The highest BCUT2D eigenvalue weighted by Gasteiger charge is 2.34. The van der Waals surface area contributed by atoms with Crippen molar-refractivity contribution in [3.8, 4) is 0 Å². The van der Waals surface area contributed by atoms with Crippen molar-refractivity contribution in [2.75, 3.05) is 24.3 Å². The van der Waals surface area contributed by atoms with Gasteiger partial charge in [-0.25, -0.2) is 0 Å². The Labute approximate surface area is 141 Å². The minimum Gasteiger partial charge on any atom is -0.377 e. The van der Waals surface area contributed by atoms with Crippen molar-refractivity contribution >= 4 is 50.1 Å². The van der Waals surface area contributed by atoms with E-state index in [0.717, 1.165) is 16.1 Å². The molecule has 0 bridgehead atoms. The van der Waals surface area contributed by atoms with Gasteiger partial charge in [0, 0.05) is 30.6 Å². The Balaban J connectivity index is 2.23. The molecule has 0 atom stereocenters. The minimum absolute atomic E-state index is 0.000679. The quantitative estimate of drug-likeness (QED) is 0.657. The maximum absolute atomic E-state index is 12.6. The van der Waals surface area contributed by atoms with Gasteiger partial charge >= 0.3 is 0 Å². The van der Waals surface area contributed by atoms with Gasteiger partial charge in [0.1, 0.15) is 0 Å². The summed E-state index contributed by atoms with van der Waals surface area (Å²) < 4.78 is 0. The lowest BCUT2D eigenvalue weighted by molar-refractivity contribution is -0.121. The molecule has 0 radical (unpaired) electrons. The van der Waals surface area contributed by atoms with Crippen molar-refractivity contribution in [3.05, 3.63) is 41.5 Å². The number of nitrogens with zero attached hydrogens (tertiary/aromatic N) is 2.